The van der Waals surface area contributed by atoms with E-state index in [9.17, 15) is 9.90 Å². The molecule has 4 rings (SSSR count). The molecule has 0 spiro atoms. The first-order valence-electron chi connectivity index (χ1n) is 10.0. The number of ether oxygens (including phenoxy) is 1. The summed E-state index contributed by atoms with van der Waals surface area (Å²) in [6, 6.07) is 7.65. The number of carbonyl (C=O) groups excluding carboxylic acids is 1. The van der Waals surface area contributed by atoms with E-state index in [1.54, 1.807) is 12.4 Å². The second-order valence-electron chi connectivity index (χ2n) is 8.68. The summed E-state index contributed by atoms with van der Waals surface area (Å²) in [5, 5.41) is 13.4. The number of hydrogen-bond donors (Lipinski definition) is 1. The van der Waals surface area contributed by atoms with Gasteiger partial charge in [-0.2, -0.15) is 0 Å². The van der Waals surface area contributed by atoms with Gasteiger partial charge in [-0.3, -0.25) is 14.7 Å². The molecular weight excluding hydrogens is 354 g/mol. The number of amides is 1. The molecule has 6 nitrogen and oxygen atoms in total. The van der Waals surface area contributed by atoms with Crippen LogP contribution in [0.15, 0.2) is 36.7 Å². The van der Waals surface area contributed by atoms with Gasteiger partial charge in [0.25, 0.3) is 5.91 Å². The largest absolute Gasteiger partial charge is 0.388 e. The van der Waals surface area contributed by atoms with Crippen molar-refractivity contribution in [1.82, 2.24) is 14.8 Å². The van der Waals surface area contributed by atoms with E-state index in [1.165, 1.54) is 0 Å². The van der Waals surface area contributed by atoms with Crippen LogP contribution < -0.4 is 0 Å². The minimum absolute atomic E-state index is 0.0262. The highest BCUT2D eigenvalue weighted by Gasteiger charge is 2.49. The third kappa shape index (κ3) is 3.52. The molecular formula is C22H29N3O3. The van der Waals surface area contributed by atoms with E-state index in [0.29, 0.717) is 31.6 Å². The first kappa shape index (κ1) is 19.3. The zero-order chi connectivity index (χ0) is 19.8. The minimum atomic E-state index is -0.816. The summed E-state index contributed by atoms with van der Waals surface area (Å²) >= 11 is 0. The number of fused-ring (bicyclic) bond motifs is 1. The average molecular weight is 383 g/mol. The smallest absolute Gasteiger partial charge is 0.254 e. The Bertz CT molecular complexity index is 858. The third-order valence-corrected chi connectivity index (χ3v) is 6.43. The summed E-state index contributed by atoms with van der Waals surface area (Å²) < 4.78 is 5.43. The molecule has 1 unspecified atom stereocenters. The van der Waals surface area contributed by atoms with Gasteiger partial charge in [0, 0.05) is 61.5 Å². The highest BCUT2D eigenvalue weighted by molar-refractivity contribution is 6.06. The van der Waals surface area contributed by atoms with Gasteiger partial charge in [-0.05, 0) is 23.9 Å². The number of benzene rings is 1. The number of hydrogen-bond acceptors (Lipinski definition) is 5. The van der Waals surface area contributed by atoms with Gasteiger partial charge >= 0.3 is 0 Å². The van der Waals surface area contributed by atoms with E-state index in [2.05, 4.69) is 23.7 Å². The first-order chi connectivity index (χ1) is 13.4. The highest BCUT2D eigenvalue weighted by atomic mass is 16.5. The van der Waals surface area contributed by atoms with E-state index in [0.717, 1.165) is 37.1 Å². The molecule has 150 valence electrons. The molecule has 1 aromatic heterocycles. The molecule has 1 amide bonds. The second kappa shape index (κ2) is 7.43. The van der Waals surface area contributed by atoms with Crippen LogP contribution in [-0.2, 0) is 4.74 Å². The van der Waals surface area contributed by atoms with Crippen LogP contribution in [0.1, 0.15) is 30.6 Å². The molecule has 2 aliphatic rings. The molecule has 0 saturated carbocycles. The SMILES string of the molecule is CC1(C)CN(C(=O)c2cccc3cnccc23)CCC1(O)CN1CCOCC1. The topological polar surface area (TPSA) is 65.9 Å². The van der Waals surface area contributed by atoms with Crippen LogP contribution in [0.2, 0.25) is 0 Å². The first-order valence-corrected chi connectivity index (χ1v) is 10.0. The fraction of sp³-hybridized carbons (Fsp3) is 0.545. The van der Waals surface area contributed by atoms with Crippen LogP contribution in [0.3, 0.4) is 0 Å². The van der Waals surface area contributed by atoms with Crippen LogP contribution in [0.4, 0.5) is 0 Å². The van der Waals surface area contributed by atoms with E-state index >= 15 is 0 Å². The Kier molecular flexibility index (Phi) is 5.12. The van der Waals surface area contributed by atoms with Gasteiger partial charge in [-0.1, -0.05) is 26.0 Å². The molecule has 28 heavy (non-hydrogen) atoms. The number of pyridine rings is 1. The number of piperidine rings is 1. The molecule has 2 fully saturated rings. The number of β-amino-alcohol motifs (C(OH)–C–C–N with tert-alkyl or cyclic N) is 1. The van der Waals surface area contributed by atoms with Crippen molar-refractivity contribution in [2.24, 2.45) is 5.41 Å². The predicted octanol–water partition coefficient (Wildman–Crippen LogP) is 2.17. The monoisotopic (exact) mass is 383 g/mol. The van der Waals surface area contributed by atoms with Gasteiger partial charge in [-0.25, -0.2) is 0 Å². The number of aromatic nitrogens is 1. The molecule has 0 aliphatic carbocycles. The fourth-order valence-corrected chi connectivity index (χ4v) is 4.44. The molecule has 1 N–H and O–H groups in total. The van der Waals surface area contributed by atoms with E-state index in [-0.39, 0.29) is 5.91 Å². The summed E-state index contributed by atoms with van der Waals surface area (Å²) in [4.78, 5) is 21.6. The summed E-state index contributed by atoms with van der Waals surface area (Å²) in [6.07, 6.45) is 4.09. The molecule has 3 heterocycles. The van der Waals surface area contributed by atoms with Crippen molar-refractivity contribution >= 4 is 16.7 Å². The molecule has 2 aromatic rings. The number of nitrogens with zero attached hydrogens (tertiary/aromatic N) is 3. The lowest BCUT2D eigenvalue weighted by atomic mass is 9.69. The Morgan fingerprint density at radius 1 is 1.21 bits per heavy atom. The van der Waals surface area contributed by atoms with Crippen LogP contribution in [0.25, 0.3) is 10.8 Å². The van der Waals surface area contributed by atoms with Gasteiger partial charge in [-0.15, -0.1) is 0 Å². The number of aliphatic hydroxyl groups is 1. The van der Waals surface area contributed by atoms with Crippen molar-refractivity contribution in [2.45, 2.75) is 25.9 Å². The maximum Gasteiger partial charge on any atom is 0.254 e. The minimum Gasteiger partial charge on any atom is -0.388 e. The lowest BCUT2D eigenvalue weighted by molar-refractivity contribution is -0.133. The number of rotatable bonds is 3. The van der Waals surface area contributed by atoms with Crippen molar-refractivity contribution in [3.05, 3.63) is 42.2 Å². The molecule has 0 radical (unpaired) electrons. The van der Waals surface area contributed by atoms with E-state index < -0.39 is 11.0 Å². The Morgan fingerprint density at radius 2 is 2.00 bits per heavy atom. The average Bonchev–Trinajstić information content (AvgIpc) is 2.70. The summed E-state index contributed by atoms with van der Waals surface area (Å²) in [7, 11) is 0. The van der Waals surface area contributed by atoms with Gasteiger partial charge in [0.2, 0.25) is 0 Å². The van der Waals surface area contributed by atoms with Gasteiger partial charge in [0.05, 0.1) is 18.8 Å². The number of likely N-dealkylation sites (tertiary alicyclic amines) is 1. The maximum absolute atomic E-state index is 13.3. The summed E-state index contributed by atoms with van der Waals surface area (Å²) in [6.45, 7) is 9.01. The van der Waals surface area contributed by atoms with Crippen LogP contribution in [-0.4, -0.2) is 77.3 Å². The lowest BCUT2D eigenvalue weighted by Crippen LogP contribution is -2.63. The zero-order valence-corrected chi connectivity index (χ0v) is 16.7. The number of carbonyl (C=O) groups is 1. The van der Waals surface area contributed by atoms with Crippen LogP contribution >= 0.6 is 0 Å². The Labute approximate surface area is 166 Å². The second-order valence-corrected chi connectivity index (χ2v) is 8.68. The predicted molar refractivity (Wildman–Crippen MR) is 108 cm³/mol. The van der Waals surface area contributed by atoms with Crippen LogP contribution in [0.5, 0.6) is 0 Å². The van der Waals surface area contributed by atoms with Crippen molar-refractivity contribution in [1.29, 1.82) is 0 Å². The summed E-state index contributed by atoms with van der Waals surface area (Å²) in [5.74, 6) is 0.0262. The third-order valence-electron chi connectivity index (χ3n) is 6.43. The Morgan fingerprint density at radius 3 is 2.75 bits per heavy atom. The maximum atomic E-state index is 13.3. The highest BCUT2D eigenvalue weighted by Crippen LogP contribution is 2.40. The Balaban J connectivity index is 1.53. The van der Waals surface area contributed by atoms with E-state index in [1.807, 2.05) is 29.2 Å². The van der Waals surface area contributed by atoms with Gasteiger partial charge in [0.15, 0.2) is 0 Å². The summed E-state index contributed by atoms with van der Waals surface area (Å²) in [5.41, 5.74) is -0.510. The van der Waals surface area contributed by atoms with Crippen LogP contribution in [0, 0.1) is 5.41 Å². The van der Waals surface area contributed by atoms with Crippen molar-refractivity contribution < 1.29 is 14.6 Å². The van der Waals surface area contributed by atoms with Gasteiger partial charge < -0.3 is 14.7 Å². The molecule has 2 saturated heterocycles. The quantitative estimate of drug-likeness (QED) is 0.880. The molecule has 1 atom stereocenters. The molecule has 0 bridgehead atoms. The fourth-order valence-electron chi connectivity index (χ4n) is 4.44. The van der Waals surface area contributed by atoms with Crippen molar-refractivity contribution in [2.75, 3.05) is 45.9 Å². The Hall–Kier alpha value is -2.02. The van der Waals surface area contributed by atoms with E-state index in [4.69, 9.17) is 4.74 Å². The molecule has 1 aromatic carbocycles. The standard InChI is InChI=1S/C22H29N3O3/c1-21(2)15-25(9-7-22(21,27)16-24-10-12-28-13-11-24)20(26)19-5-3-4-17-14-23-8-6-18(17)19/h3-6,8,14,27H,7,9-13,15-16H2,1-2H3. The molecule has 6 heteroatoms. The van der Waals surface area contributed by atoms with Crippen molar-refractivity contribution in [3.63, 3.8) is 0 Å². The van der Waals surface area contributed by atoms with Gasteiger partial charge in [0.1, 0.15) is 0 Å². The zero-order valence-electron chi connectivity index (χ0n) is 16.7. The van der Waals surface area contributed by atoms with Crippen molar-refractivity contribution in [3.8, 4) is 0 Å². The number of morpholine rings is 1. The normalized spacial score (nSPS) is 25.8. The lowest BCUT2D eigenvalue weighted by Gasteiger charge is -2.52. The molecule has 2 aliphatic heterocycles.